The zero-order chi connectivity index (χ0) is 20.8. The number of ketones is 1. The Morgan fingerprint density at radius 3 is 2.41 bits per heavy atom. The lowest BCUT2D eigenvalue weighted by Gasteiger charge is -2.33. The summed E-state index contributed by atoms with van der Waals surface area (Å²) >= 11 is 0. The first kappa shape index (κ1) is 19.3. The molecule has 29 heavy (non-hydrogen) atoms. The molecule has 0 amide bonds. The van der Waals surface area contributed by atoms with E-state index in [4.69, 9.17) is 4.74 Å². The summed E-state index contributed by atoms with van der Waals surface area (Å²) in [6.45, 7) is 6.08. The number of ether oxygens (including phenoxy) is 1. The lowest BCUT2D eigenvalue weighted by atomic mass is 9.70. The van der Waals surface area contributed by atoms with Gasteiger partial charge in [0, 0.05) is 40.9 Å². The van der Waals surface area contributed by atoms with E-state index >= 15 is 0 Å². The van der Waals surface area contributed by atoms with Crippen molar-refractivity contribution in [2.75, 3.05) is 7.11 Å². The number of carbonyl (C=O) groups excluding carboxylic acids is 1. The van der Waals surface area contributed by atoms with E-state index in [1.54, 1.807) is 7.11 Å². The second kappa shape index (κ2) is 7.11. The van der Waals surface area contributed by atoms with E-state index in [1.165, 1.54) is 0 Å². The first-order valence-corrected chi connectivity index (χ1v) is 9.97. The number of carbonyl (C=O) groups is 1. The van der Waals surface area contributed by atoms with Gasteiger partial charge in [0.1, 0.15) is 11.5 Å². The number of rotatable bonds is 4. The van der Waals surface area contributed by atoms with Gasteiger partial charge in [-0.25, -0.2) is 0 Å². The van der Waals surface area contributed by atoms with E-state index < -0.39 is 0 Å². The quantitative estimate of drug-likeness (QED) is 0.591. The van der Waals surface area contributed by atoms with Gasteiger partial charge in [-0.3, -0.25) is 4.79 Å². The normalized spacial score (nSPS) is 17.6. The Hall–Kier alpha value is -3.01. The van der Waals surface area contributed by atoms with Crippen LogP contribution >= 0.6 is 0 Å². The number of hydrogen-bond acceptors (Lipinski definition) is 3. The van der Waals surface area contributed by atoms with Gasteiger partial charge in [-0.2, -0.15) is 0 Å². The predicted octanol–water partition coefficient (Wildman–Crippen LogP) is 5.82. The molecule has 1 aliphatic rings. The summed E-state index contributed by atoms with van der Waals surface area (Å²) in [6.07, 6.45) is 0.933. The summed E-state index contributed by atoms with van der Waals surface area (Å²) in [5.74, 6) is 0.652. The lowest BCUT2D eigenvalue weighted by Crippen LogP contribution is -2.29. The summed E-state index contributed by atoms with van der Waals surface area (Å²) in [7, 11) is 1.64. The van der Waals surface area contributed by atoms with Crippen molar-refractivity contribution in [2.45, 2.75) is 39.5 Å². The maximum Gasteiger partial charge on any atom is 0.163 e. The van der Waals surface area contributed by atoms with E-state index in [-0.39, 0.29) is 22.9 Å². The van der Waals surface area contributed by atoms with Crippen LogP contribution in [0.1, 0.15) is 49.4 Å². The van der Waals surface area contributed by atoms with Gasteiger partial charge in [0.25, 0.3) is 0 Å². The topological polar surface area (TPSA) is 62.3 Å². The fraction of sp³-hybridized carbons (Fsp3) is 0.320. The molecule has 0 saturated carbocycles. The Bertz CT molecular complexity index is 1100. The van der Waals surface area contributed by atoms with Crippen molar-refractivity contribution in [1.29, 1.82) is 0 Å². The molecule has 150 valence electrons. The minimum absolute atomic E-state index is 0.0178. The smallest absolute Gasteiger partial charge is 0.163 e. The third kappa shape index (κ3) is 3.44. The standard InChI is InChI=1S/C25H27NO3/c1-15-22(18-7-5-6-8-19(18)26-15)23(16-9-11-17(29-4)12-10-16)24-20(27)13-25(2,3)14-21(24)28/h5-12,23,26-27H,13-14H2,1-4H3/t23-/m1/s1. The third-order valence-electron chi connectivity index (χ3n) is 5.87. The van der Waals surface area contributed by atoms with E-state index in [2.05, 4.69) is 11.1 Å². The van der Waals surface area contributed by atoms with E-state index in [0.29, 0.717) is 18.4 Å². The molecular formula is C25H27NO3. The Morgan fingerprint density at radius 1 is 1.07 bits per heavy atom. The number of aryl methyl sites for hydroxylation is 1. The minimum atomic E-state index is -0.333. The number of benzene rings is 2. The summed E-state index contributed by atoms with van der Waals surface area (Å²) in [5, 5.41) is 12.1. The van der Waals surface area contributed by atoms with Crippen molar-refractivity contribution >= 4 is 16.7 Å². The molecule has 2 N–H and O–H groups in total. The Morgan fingerprint density at radius 2 is 1.76 bits per heavy atom. The van der Waals surface area contributed by atoms with Crippen LogP contribution in [0.3, 0.4) is 0 Å². The van der Waals surface area contributed by atoms with Crippen LogP contribution in [0, 0.1) is 12.3 Å². The molecule has 0 unspecified atom stereocenters. The molecule has 1 aromatic heterocycles. The molecule has 0 fully saturated rings. The predicted molar refractivity (Wildman–Crippen MR) is 116 cm³/mol. The molecule has 3 aromatic rings. The van der Waals surface area contributed by atoms with Gasteiger partial charge in [0.05, 0.1) is 7.11 Å². The second-order valence-corrected chi connectivity index (χ2v) is 8.72. The monoisotopic (exact) mass is 389 g/mol. The zero-order valence-corrected chi connectivity index (χ0v) is 17.4. The highest BCUT2D eigenvalue weighted by atomic mass is 16.5. The molecule has 0 spiro atoms. The molecule has 0 bridgehead atoms. The number of aliphatic hydroxyl groups is 1. The van der Waals surface area contributed by atoms with Gasteiger partial charge in [-0.1, -0.05) is 44.2 Å². The molecule has 1 heterocycles. The van der Waals surface area contributed by atoms with E-state index in [0.717, 1.165) is 33.5 Å². The first-order valence-electron chi connectivity index (χ1n) is 9.97. The van der Waals surface area contributed by atoms with Crippen LogP contribution in [0.15, 0.2) is 59.9 Å². The molecular weight excluding hydrogens is 362 g/mol. The number of methoxy groups -OCH3 is 1. The second-order valence-electron chi connectivity index (χ2n) is 8.72. The molecule has 4 nitrogen and oxygen atoms in total. The number of aliphatic hydroxyl groups excluding tert-OH is 1. The van der Waals surface area contributed by atoms with Crippen molar-refractivity contribution in [3.8, 4) is 5.75 Å². The van der Waals surface area contributed by atoms with Gasteiger partial charge < -0.3 is 14.8 Å². The number of hydrogen-bond donors (Lipinski definition) is 2. The third-order valence-corrected chi connectivity index (χ3v) is 5.87. The van der Waals surface area contributed by atoms with E-state index in [9.17, 15) is 9.90 Å². The largest absolute Gasteiger partial charge is 0.512 e. The number of Topliss-reactive ketones (excluding diaryl/α,β-unsaturated/α-hetero) is 1. The number of nitrogens with one attached hydrogen (secondary N) is 1. The van der Waals surface area contributed by atoms with Crippen LogP contribution in [0.25, 0.3) is 10.9 Å². The van der Waals surface area contributed by atoms with Crippen molar-refractivity contribution in [3.63, 3.8) is 0 Å². The lowest BCUT2D eigenvalue weighted by molar-refractivity contribution is -0.118. The van der Waals surface area contributed by atoms with Gasteiger partial charge >= 0.3 is 0 Å². The molecule has 2 aromatic carbocycles. The fourth-order valence-electron chi connectivity index (χ4n) is 4.57. The Kier molecular flexibility index (Phi) is 4.73. The summed E-state index contributed by atoms with van der Waals surface area (Å²) in [6, 6.07) is 15.9. The van der Waals surface area contributed by atoms with Crippen LogP contribution in [0.2, 0.25) is 0 Å². The molecule has 0 aliphatic heterocycles. The molecule has 4 heteroatoms. The number of para-hydroxylation sites is 1. The van der Waals surface area contributed by atoms with Crippen molar-refractivity contribution in [1.82, 2.24) is 4.98 Å². The number of aromatic amines is 1. The average Bonchev–Trinajstić information content (AvgIpc) is 2.99. The first-order chi connectivity index (χ1) is 13.8. The summed E-state index contributed by atoms with van der Waals surface area (Å²) in [5.41, 5.74) is 4.33. The van der Waals surface area contributed by atoms with Crippen molar-refractivity contribution in [2.24, 2.45) is 5.41 Å². The highest BCUT2D eigenvalue weighted by Crippen LogP contribution is 2.45. The zero-order valence-electron chi connectivity index (χ0n) is 17.4. The minimum Gasteiger partial charge on any atom is -0.512 e. The highest BCUT2D eigenvalue weighted by Gasteiger charge is 2.38. The molecule has 1 atom stereocenters. The number of H-pyrrole nitrogens is 1. The average molecular weight is 389 g/mol. The SMILES string of the molecule is COc1ccc([C@@H](C2=C(O)CC(C)(C)CC2=O)c2c(C)[nH]c3ccccc23)cc1. The van der Waals surface area contributed by atoms with Gasteiger partial charge in [0.15, 0.2) is 5.78 Å². The molecule has 0 saturated heterocycles. The fourth-order valence-corrected chi connectivity index (χ4v) is 4.57. The van der Waals surface area contributed by atoms with Crippen LogP contribution in [0.4, 0.5) is 0 Å². The maximum atomic E-state index is 13.2. The van der Waals surface area contributed by atoms with Crippen LogP contribution in [0.5, 0.6) is 5.75 Å². The maximum absolute atomic E-state index is 13.2. The molecule has 0 radical (unpaired) electrons. The Balaban J connectivity index is 1.97. The van der Waals surface area contributed by atoms with Crippen LogP contribution < -0.4 is 4.74 Å². The van der Waals surface area contributed by atoms with Crippen molar-refractivity contribution in [3.05, 3.63) is 76.7 Å². The number of aromatic nitrogens is 1. The van der Waals surface area contributed by atoms with Gasteiger partial charge in [0.2, 0.25) is 0 Å². The van der Waals surface area contributed by atoms with Gasteiger partial charge in [-0.15, -0.1) is 0 Å². The summed E-state index contributed by atoms with van der Waals surface area (Å²) < 4.78 is 5.31. The number of fused-ring (bicyclic) bond motifs is 1. The molecule has 1 aliphatic carbocycles. The number of allylic oxidation sites excluding steroid dienone is 2. The molecule has 4 rings (SSSR count). The highest BCUT2D eigenvalue weighted by molar-refractivity contribution is 6.01. The van der Waals surface area contributed by atoms with E-state index in [1.807, 2.05) is 63.2 Å². The van der Waals surface area contributed by atoms with Crippen molar-refractivity contribution < 1.29 is 14.6 Å². The van der Waals surface area contributed by atoms with Gasteiger partial charge in [-0.05, 0) is 41.7 Å². The van der Waals surface area contributed by atoms with Crippen LogP contribution in [-0.2, 0) is 4.79 Å². The summed E-state index contributed by atoms with van der Waals surface area (Å²) in [4.78, 5) is 16.7. The van der Waals surface area contributed by atoms with Crippen LogP contribution in [-0.4, -0.2) is 23.0 Å². The Labute approximate surface area is 171 Å².